The van der Waals surface area contributed by atoms with Crippen LogP contribution in [0.5, 0.6) is 0 Å². The van der Waals surface area contributed by atoms with E-state index in [2.05, 4.69) is 13.8 Å². The summed E-state index contributed by atoms with van der Waals surface area (Å²) < 4.78 is 35.5. The minimum Gasteiger partial charge on any atom is -0.374 e. The fraction of sp³-hybridized carbons (Fsp3) is 1.00. The standard InChI is InChI=1S/C19H38O6S2Si/c1-5-20-19(21-13-17(3)14-22-19)9-7-10-26-27-11-8-12-28(23-6-2)24-15-18(4)16-25-28/h17-18H,5-16H2,1-4H3. The first-order valence-corrected chi connectivity index (χ1v) is 15.0. The molecule has 0 unspecified atom stereocenters. The monoisotopic (exact) mass is 454 g/mol. The molecule has 0 aromatic rings. The zero-order chi connectivity index (χ0) is 20.3. The van der Waals surface area contributed by atoms with Gasteiger partial charge in [-0.05, 0) is 26.7 Å². The van der Waals surface area contributed by atoms with Gasteiger partial charge in [-0.1, -0.05) is 35.4 Å². The molecule has 28 heavy (non-hydrogen) atoms. The van der Waals surface area contributed by atoms with Crippen LogP contribution in [-0.2, 0) is 27.5 Å². The molecular formula is C19H38O6S2Si. The van der Waals surface area contributed by atoms with E-state index in [0.29, 0.717) is 38.3 Å². The van der Waals surface area contributed by atoms with Gasteiger partial charge in [0.25, 0.3) is 5.97 Å². The van der Waals surface area contributed by atoms with Crippen molar-refractivity contribution in [3.63, 3.8) is 0 Å². The van der Waals surface area contributed by atoms with Crippen LogP contribution in [0, 0.1) is 11.8 Å². The Morgan fingerprint density at radius 3 is 2.11 bits per heavy atom. The van der Waals surface area contributed by atoms with Gasteiger partial charge in [0, 0.05) is 62.2 Å². The average molecular weight is 455 g/mol. The molecule has 166 valence electrons. The fourth-order valence-corrected chi connectivity index (χ4v) is 8.35. The molecular weight excluding hydrogens is 416 g/mol. The molecule has 0 N–H and O–H groups in total. The molecule has 0 aliphatic carbocycles. The first kappa shape index (κ1) is 24.9. The van der Waals surface area contributed by atoms with E-state index in [1.54, 1.807) is 0 Å². The van der Waals surface area contributed by atoms with Crippen LogP contribution in [0.2, 0.25) is 6.04 Å². The second kappa shape index (κ2) is 13.2. The summed E-state index contributed by atoms with van der Waals surface area (Å²) in [5.74, 6) is 2.21. The molecule has 0 saturated carbocycles. The second-order valence-corrected chi connectivity index (χ2v) is 13.0. The molecule has 2 aliphatic heterocycles. The normalized spacial score (nSPS) is 33.9. The average Bonchev–Trinajstić information content (AvgIpc) is 2.69. The van der Waals surface area contributed by atoms with E-state index in [9.17, 15) is 0 Å². The Hall–Kier alpha value is 0.677. The summed E-state index contributed by atoms with van der Waals surface area (Å²) in [5.41, 5.74) is 0. The Morgan fingerprint density at radius 2 is 1.50 bits per heavy atom. The summed E-state index contributed by atoms with van der Waals surface area (Å²) in [4.78, 5) is 0. The predicted molar refractivity (Wildman–Crippen MR) is 117 cm³/mol. The van der Waals surface area contributed by atoms with Crippen molar-refractivity contribution >= 4 is 30.4 Å². The van der Waals surface area contributed by atoms with Crippen LogP contribution < -0.4 is 0 Å². The van der Waals surface area contributed by atoms with Crippen molar-refractivity contribution in [1.29, 1.82) is 0 Å². The Balaban J connectivity index is 1.56. The summed E-state index contributed by atoms with van der Waals surface area (Å²) in [6, 6.07) is 0.911. The van der Waals surface area contributed by atoms with Crippen molar-refractivity contribution in [2.75, 3.05) is 51.1 Å². The summed E-state index contributed by atoms with van der Waals surface area (Å²) in [6.07, 6.45) is 2.85. The first-order valence-electron chi connectivity index (χ1n) is 10.6. The molecule has 2 saturated heterocycles. The fourth-order valence-electron chi connectivity index (χ4n) is 3.11. The maximum atomic E-state index is 6.01. The van der Waals surface area contributed by atoms with Crippen molar-refractivity contribution in [3.05, 3.63) is 0 Å². The molecule has 2 heterocycles. The minimum absolute atomic E-state index is 0.433. The van der Waals surface area contributed by atoms with Gasteiger partial charge in [-0.15, -0.1) is 0 Å². The van der Waals surface area contributed by atoms with Crippen LogP contribution in [0.4, 0.5) is 0 Å². The topological polar surface area (TPSA) is 55.4 Å². The Bertz CT molecular complexity index is 377. The predicted octanol–water partition coefficient (Wildman–Crippen LogP) is 4.57. The molecule has 2 aliphatic rings. The van der Waals surface area contributed by atoms with E-state index in [4.69, 9.17) is 27.5 Å². The summed E-state index contributed by atoms with van der Waals surface area (Å²) in [7, 11) is 1.39. The Morgan fingerprint density at radius 1 is 0.893 bits per heavy atom. The second-order valence-electron chi connectivity index (χ2n) is 7.54. The van der Waals surface area contributed by atoms with Gasteiger partial charge in [-0.2, -0.15) is 0 Å². The lowest BCUT2D eigenvalue weighted by molar-refractivity contribution is -0.408. The van der Waals surface area contributed by atoms with Crippen molar-refractivity contribution in [3.8, 4) is 0 Å². The smallest absolute Gasteiger partial charge is 0.374 e. The van der Waals surface area contributed by atoms with E-state index >= 15 is 0 Å². The van der Waals surface area contributed by atoms with Gasteiger partial charge in [0.2, 0.25) is 0 Å². The lowest BCUT2D eigenvalue weighted by Gasteiger charge is -2.38. The van der Waals surface area contributed by atoms with Crippen LogP contribution >= 0.6 is 21.6 Å². The molecule has 0 bridgehead atoms. The zero-order valence-electron chi connectivity index (χ0n) is 17.9. The molecule has 6 nitrogen and oxygen atoms in total. The number of hydrogen-bond acceptors (Lipinski definition) is 8. The summed E-state index contributed by atoms with van der Waals surface area (Å²) in [5, 5.41) is 0. The van der Waals surface area contributed by atoms with E-state index in [0.717, 1.165) is 50.0 Å². The third-order valence-electron chi connectivity index (χ3n) is 4.58. The van der Waals surface area contributed by atoms with Gasteiger partial charge in [0.15, 0.2) is 0 Å². The van der Waals surface area contributed by atoms with Crippen LogP contribution in [0.25, 0.3) is 0 Å². The summed E-state index contributed by atoms with van der Waals surface area (Å²) >= 11 is 0. The third-order valence-corrected chi connectivity index (χ3v) is 10.1. The van der Waals surface area contributed by atoms with Crippen LogP contribution in [-0.4, -0.2) is 65.9 Å². The number of ether oxygens (including phenoxy) is 3. The molecule has 2 rings (SSSR count). The SMILES string of the molecule is CCOC1(CCCSSCCC[Si]2(OCC)OCC(C)CO2)OCC(C)CO1. The summed E-state index contributed by atoms with van der Waals surface area (Å²) in [6.45, 7) is 12.5. The highest BCUT2D eigenvalue weighted by Crippen LogP contribution is 2.32. The third kappa shape index (κ3) is 8.43. The van der Waals surface area contributed by atoms with Crippen molar-refractivity contribution in [2.45, 2.75) is 59.0 Å². The minimum atomic E-state index is -2.42. The largest absolute Gasteiger partial charge is 0.500 e. The van der Waals surface area contributed by atoms with Crippen molar-refractivity contribution in [1.82, 2.24) is 0 Å². The van der Waals surface area contributed by atoms with Gasteiger partial charge in [-0.3, -0.25) is 0 Å². The van der Waals surface area contributed by atoms with E-state index in [1.807, 2.05) is 35.4 Å². The van der Waals surface area contributed by atoms with Gasteiger partial charge < -0.3 is 27.5 Å². The molecule has 0 spiro atoms. The van der Waals surface area contributed by atoms with Gasteiger partial charge in [-0.25, -0.2) is 0 Å². The van der Waals surface area contributed by atoms with Crippen LogP contribution in [0.15, 0.2) is 0 Å². The van der Waals surface area contributed by atoms with Gasteiger partial charge in [0.05, 0.1) is 13.2 Å². The maximum absolute atomic E-state index is 6.01. The highest BCUT2D eigenvalue weighted by Gasteiger charge is 2.43. The number of rotatable bonds is 13. The van der Waals surface area contributed by atoms with Crippen molar-refractivity contribution in [2.24, 2.45) is 11.8 Å². The number of hydrogen-bond donors (Lipinski definition) is 0. The Kier molecular flexibility index (Phi) is 11.7. The first-order chi connectivity index (χ1) is 13.5. The van der Waals surface area contributed by atoms with Crippen LogP contribution in [0.1, 0.15) is 47.0 Å². The highest BCUT2D eigenvalue weighted by atomic mass is 33.1. The highest BCUT2D eigenvalue weighted by molar-refractivity contribution is 8.76. The quantitative estimate of drug-likeness (QED) is 0.228. The molecule has 0 aromatic carbocycles. The molecule has 9 heteroatoms. The molecule has 0 amide bonds. The molecule has 2 fully saturated rings. The van der Waals surface area contributed by atoms with E-state index in [-0.39, 0.29) is 0 Å². The zero-order valence-corrected chi connectivity index (χ0v) is 20.5. The molecule has 0 aromatic heterocycles. The lowest BCUT2D eigenvalue weighted by Crippen LogP contribution is -2.51. The van der Waals surface area contributed by atoms with Crippen LogP contribution in [0.3, 0.4) is 0 Å². The van der Waals surface area contributed by atoms with Crippen molar-refractivity contribution < 1.29 is 27.5 Å². The van der Waals surface area contributed by atoms with Gasteiger partial charge >= 0.3 is 8.80 Å². The molecule has 0 atom stereocenters. The lowest BCUT2D eigenvalue weighted by atomic mass is 10.2. The van der Waals surface area contributed by atoms with E-state index in [1.165, 1.54) is 0 Å². The van der Waals surface area contributed by atoms with E-state index < -0.39 is 14.8 Å². The van der Waals surface area contributed by atoms with Gasteiger partial charge in [0.1, 0.15) is 0 Å². The maximum Gasteiger partial charge on any atom is 0.500 e. The Labute approximate surface area is 179 Å². The molecule has 0 radical (unpaired) electrons.